The van der Waals surface area contributed by atoms with Gasteiger partial charge in [0.1, 0.15) is 0 Å². The van der Waals surface area contributed by atoms with Gasteiger partial charge in [0.25, 0.3) is 0 Å². The van der Waals surface area contributed by atoms with Crippen LogP contribution in [0.15, 0.2) is 0 Å². The Labute approximate surface area is 114 Å². The first-order valence-corrected chi connectivity index (χ1v) is 4.88. The predicted molar refractivity (Wildman–Crippen MR) is 52.2 cm³/mol. The van der Waals surface area contributed by atoms with Crippen LogP contribution >= 0.6 is 0 Å². The van der Waals surface area contributed by atoms with Gasteiger partial charge in [-0.05, 0) is 0 Å². The quantitative estimate of drug-likeness (QED) is 0.223. The van der Waals surface area contributed by atoms with E-state index in [4.69, 9.17) is 9.68 Å². The van der Waals surface area contributed by atoms with Crippen LogP contribution in [0.3, 0.4) is 0 Å². The second kappa shape index (κ2) is 13.0. The molecule has 0 aliphatic carbocycles. The Balaban J connectivity index is 0. The van der Waals surface area contributed by atoms with E-state index in [2.05, 4.69) is 9.47 Å². The molecule has 0 spiro atoms. The molecule has 0 aliphatic heterocycles. The summed E-state index contributed by atoms with van der Waals surface area (Å²) in [6.45, 7) is 0.748. The van der Waals surface area contributed by atoms with E-state index in [9.17, 15) is 8.76 Å². The van der Waals surface area contributed by atoms with Crippen LogP contribution in [0.2, 0.25) is 0 Å². The topological polar surface area (TPSA) is 80.3 Å². The zero-order valence-corrected chi connectivity index (χ0v) is 11.9. The molecule has 0 N–H and O–H groups in total. The zero-order valence-electron chi connectivity index (χ0n) is 9.13. The molecular formula is C6H14NNaO6S-. The minimum absolute atomic E-state index is 0. The van der Waals surface area contributed by atoms with Crippen LogP contribution in [0.5, 0.6) is 0 Å². The van der Waals surface area contributed by atoms with E-state index in [-0.39, 0.29) is 56.0 Å². The molecule has 0 saturated carbocycles. The molecule has 15 heavy (non-hydrogen) atoms. The van der Waals surface area contributed by atoms with Crippen LogP contribution in [-0.4, -0.2) is 83.6 Å². The molecule has 7 nitrogen and oxygen atoms in total. The summed E-state index contributed by atoms with van der Waals surface area (Å²) >= 11 is -2.58. The number of hydrogen-bond donors (Lipinski definition) is 0. The molecule has 1 unspecified atom stereocenters. The van der Waals surface area contributed by atoms with Gasteiger partial charge in [-0.3, -0.25) is 13.9 Å². The molecule has 0 heterocycles. The van der Waals surface area contributed by atoms with Crippen molar-refractivity contribution in [3.63, 3.8) is 0 Å². The molecule has 9 heteroatoms. The first kappa shape index (κ1) is 18.3. The van der Waals surface area contributed by atoms with Crippen LogP contribution in [-0.2, 0) is 30.4 Å². The number of rotatable bonds is 9. The SMILES string of the molecule is COCCON(OCCOC)S(=O)[O-].[Na]. The van der Waals surface area contributed by atoms with Gasteiger partial charge in [-0.15, -0.1) is 0 Å². The van der Waals surface area contributed by atoms with Crippen LogP contribution in [0.25, 0.3) is 0 Å². The third-order valence-corrected chi connectivity index (χ3v) is 1.54. The summed E-state index contributed by atoms with van der Waals surface area (Å²) in [7, 11) is 2.96. The standard InChI is InChI=1S/C6H15NO6S.Na/c1-10-3-5-12-7(14(8)9)13-6-4-11-2;/h3-6H2,1-2H3,(H,8,9);/p-1. The van der Waals surface area contributed by atoms with Crippen LogP contribution < -0.4 is 0 Å². The Morgan fingerprint density at radius 2 is 1.47 bits per heavy atom. The maximum atomic E-state index is 10.5. The average Bonchev–Trinajstić information content (AvgIpc) is 2.15. The van der Waals surface area contributed by atoms with Crippen molar-refractivity contribution in [3.8, 4) is 0 Å². The van der Waals surface area contributed by atoms with Crippen LogP contribution in [0.1, 0.15) is 0 Å². The number of ether oxygens (including phenoxy) is 2. The summed E-state index contributed by atoms with van der Waals surface area (Å²) in [6, 6.07) is 0. The Morgan fingerprint density at radius 3 is 1.73 bits per heavy atom. The van der Waals surface area contributed by atoms with E-state index in [0.29, 0.717) is 4.63 Å². The molecular weight excluding hydrogens is 237 g/mol. The van der Waals surface area contributed by atoms with Crippen LogP contribution in [0, 0.1) is 0 Å². The molecule has 0 bridgehead atoms. The van der Waals surface area contributed by atoms with Crippen molar-refractivity contribution < 1.29 is 27.9 Å². The summed E-state index contributed by atoms with van der Waals surface area (Å²) < 4.78 is 30.7. The third-order valence-electron chi connectivity index (χ3n) is 1.09. The Kier molecular flexibility index (Phi) is 15.8. The van der Waals surface area contributed by atoms with Gasteiger partial charge >= 0.3 is 0 Å². The summed E-state index contributed by atoms with van der Waals surface area (Å²) in [4.78, 5) is 9.42. The number of hydrogen-bond acceptors (Lipinski definition) is 6. The van der Waals surface area contributed by atoms with E-state index in [0.717, 1.165) is 0 Å². The average molecular weight is 251 g/mol. The van der Waals surface area contributed by atoms with Crippen molar-refractivity contribution in [3.05, 3.63) is 0 Å². The monoisotopic (exact) mass is 251 g/mol. The van der Waals surface area contributed by atoms with E-state index in [1.807, 2.05) is 0 Å². The Morgan fingerprint density at radius 1 is 1.07 bits per heavy atom. The fourth-order valence-corrected chi connectivity index (χ4v) is 0.835. The van der Waals surface area contributed by atoms with Crippen molar-refractivity contribution in [2.45, 2.75) is 0 Å². The first-order valence-electron chi connectivity index (χ1n) is 3.85. The second-order valence-electron chi connectivity index (χ2n) is 2.09. The number of nitrogens with zero attached hydrogens (tertiary/aromatic N) is 1. The van der Waals surface area contributed by atoms with Crippen molar-refractivity contribution in [2.75, 3.05) is 40.6 Å². The smallest absolute Gasteiger partial charge is 0.0955 e. The van der Waals surface area contributed by atoms with E-state index >= 15 is 0 Å². The second-order valence-corrected chi connectivity index (χ2v) is 2.83. The van der Waals surface area contributed by atoms with E-state index < -0.39 is 11.3 Å². The fourth-order valence-electron chi connectivity index (χ4n) is 0.514. The molecule has 0 aromatic carbocycles. The molecule has 1 atom stereocenters. The minimum atomic E-state index is -2.58. The van der Waals surface area contributed by atoms with Gasteiger partial charge in [0.05, 0.1) is 37.7 Å². The van der Waals surface area contributed by atoms with Crippen molar-refractivity contribution in [1.29, 1.82) is 0 Å². The van der Waals surface area contributed by atoms with Crippen molar-refractivity contribution in [1.82, 2.24) is 4.63 Å². The summed E-state index contributed by atoms with van der Waals surface area (Å²) in [5.41, 5.74) is 0. The number of methoxy groups -OCH3 is 2. The molecule has 0 aliphatic rings. The first-order chi connectivity index (χ1) is 6.72. The molecule has 0 rings (SSSR count). The maximum absolute atomic E-state index is 10.5. The summed E-state index contributed by atoms with van der Waals surface area (Å²) in [6.07, 6.45) is 0. The Hall–Kier alpha value is 0.910. The van der Waals surface area contributed by atoms with Gasteiger partial charge in [0.2, 0.25) is 0 Å². The molecule has 0 amide bonds. The van der Waals surface area contributed by atoms with Gasteiger partial charge in [0.15, 0.2) is 0 Å². The van der Waals surface area contributed by atoms with Gasteiger partial charge in [-0.1, -0.05) is 0 Å². The van der Waals surface area contributed by atoms with Gasteiger partial charge in [-0.2, -0.15) is 0 Å². The molecule has 0 aromatic rings. The fraction of sp³-hybridized carbons (Fsp3) is 1.00. The maximum Gasteiger partial charge on any atom is 0.0955 e. The zero-order chi connectivity index (χ0) is 10.8. The van der Waals surface area contributed by atoms with Gasteiger partial charge in [0, 0.05) is 48.4 Å². The minimum Gasteiger partial charge on any atom is -0.756 e. The molecule has 0 fully saturated rings. The van der Waals surface area contributed by atoms with Crippen molar-refractivity contribution in [2.24, 2.45) is 0 Å². The van der Waals surface area contributed by atoms with E-state index in [1.54, 1.807) is 0 Å². The van der Waals surface area contributed by atoms with Crippen molar-refractivity contribution >= 4 is 40.8 Å². The molecule has 0 aromatic heterocycles. The predicted octanol–water partition coefficient (Wildman–Crippen LogP) is -1.14. The normalized spacial score (nSPS) is 12.5. The molecule has 87 valence electrons. The van der Waals surface area contributed by atoms with E-state index in [1.165, 1.54) is 14.2 Å². The Bertz CT molecular complexity index is 153. The van der Waals surface area contributed by atoms with Gasteiger partial charge < -0.3 is 14.0 Å². The largest absolute Gasteiger partial charge is 0.756 e. The third kappa shape index (κ3) is 11.2. The summed E-state index contributed by atoms with van der Waals surface area (Å²) in [5, 5.41) is 0. The summed E-state index contributed by atoms with van der Waals surface area (Å²) in [5.74, 6) is 0. The van der Waals surface area contributed by atoms with Gasteiger partial charge in [-0.25, -0.2) is 0 Å². The molecule has 0 saturated heterocycles. The molecule has 1 radical (unpaired) electrons. The van der Waals surface area contributed by atoms with Crippen LogP contribution in [0.4, 0.5) is 0 Å².